The minimum absolute atomic E-state index is 0.129. The summed E-state index contributed by atoms with van der Waals surface area (Å²) in [4.78, 5) is 30.8. The van der Waals surface area contributed by atoms with E-state index in [1.54, 1.807) is 0 Å². The van der Waals surface area contributed by atoms with Crippen LogP contribution in [0.25, 0.3) is 0 Å². The van der Waals surface area contributed by atoms with Gasteiger partial charge in [-0.25, -0.2) is 4.79 Å². The summed E-state index contributed by atoms with van der Waals surface area (Å²) in [6, 6.07) is 17.6. The van der Waals surface area contributed by atoms with Crippen LogP contribution in [0.2, 0.25) is 0 Å². The van der Waals surface area contributed by atoms with E-state index in [0.29, 0.717) is 26.1 Å². The molecular weight excluding hydrogens is 524 g/mol. The van der Waals surface area contributed by atoms with Gasteiger partial charge in [-0.3, -0.25) is 4.79 Å². The molecule has 1 aliphatic heterocycles. The topological polar surface area (TPSA) is 73.9 Å². The molecule has 2 aromatic rings. The molecule has 0 unspecified atom stereocenters. The normalized spacial score (nSPS) is 14.5. The molecule has 1 fully saturated rings. The molecule has 2 aromatic carbocycles. The zero-order valence-electron chi connectivity index (χ0n) is 26.6. The van der Waals surface area contributed by atoms with Gasteiger partial charge in [0, 0.05) is 31.9 Å². The van der Waals surface area contributed by atoms with Gasteiger partial charge in [0.15, 0.2) is 0 Å². The third-order valence-electron chi connectivity index (χ3n) is 7.43. The average molecular weight is 577 g/mol. The first-order valence-corrected chi connectivity index (χ1v) is 15.5. The molecule has 3 rings (SSSR count). The standard InChI is InChI=1S/C35H52N4O3/c1-27(2)20-23-39(30-16-18-31(19-17-30)42-25-29-14-10-9-11-15-29)26-35(5,6)37-33(40)32(24-28(3)4)36-34(41)38-21-12-7-8-13-22-38/h9-11,14-20,28,32H,7-8,12-13,21-26H2,1-6H3,(H,36,41)(H,37,40)/t32-/m0/s1. The summed E-state index contributed by atoms with van der Waals surface area (Å²) in [5.74, 6) is 0.947. The van der Waals surface area contributed by atoms with Crippen LogP contribution in [-0.2, 0) is 11.4 Å². The molecule has 1 saturated heterocycles. The fourth-order valence-electron chi connectivity index (χ4n) is 5.20. The van der Waals surface area contributed by atoms with Gasteiger partial charge in [0.2, 0.25) is 5.91 Å². The highest BCUT2D eigenvalue weighted by molar-refractivity contribution is 5.87. The summed E-state index contributed by atoms with van der Waals surface area (Å²) >= 11 is 0. The fourth-order valence-corrected chi connectivity index (χ4v) is 5.20. The lowest BCUT2D eigenvalue weighted by atomic mass is 9.99. The van der Waals surface area contributed by atoms with Crippen molar-refractivity contribution in [2.75, 3.05) is 31.1 Å². The molecule has 0 spiro atoms. The van der Waals surface area contributed by atoms with Gasteiger partial charge >= 0.3 is 6.03 Å². The Morgan fingerprint density at radius 3 is 2.21 bits per heavy atom. The number of carbonyl (C=O) groups is 2. The Balaban J connectivity index is 1.67. The van der Waals surface area contributed by atoms with Crippen LogP contribution in [0, 0.1) is 5.92 Å². The Kier molecular flexibility index (Phi) is 12.8. The third-order valence-corrected chi connectivity index (χ3v) is 7.43. The maximum Gasteiger partial charge on any atom is 0.318 e. The van der Waals surface area contributed by atoms with Gasteiger partial charge < -0.3 is 25.2 Å². The Morgan fingerprint density at radius 2 is 1.62 bits per heavy atom. The molecule has 0 saturated carbocycles. The van der Waals surface area contributed by atoms with Crippen LogP contribution in [0.3, 0.4) is 0 Å². The molecule has 0 bridgehead atoms. The number of nitrogens with zero attached hydrogens (tertiary/aromatic N) is 2. The van der Waals surface area contributed by atoms with Crippen LogP contribution >= 0.6 is 0 Å². The molecule has 1 atom stereocenters. The van der Waals surface area contributed by atoms with Crippen LogP contribution in [0.15, 0.2) is 66.2 Å². The van der Waals surface area contributed by atoms with Gasteiger partial charge in [-0.15, -0.1) is 0 Å². The highest BCUT2D eigenvalue weighted by atomic mass is 16.5. The minimum Gasteiger partial charge on any atom is -0.489 e. The molecule has 1 aliphatic rings. The zero-order chi connectivity index (χ0) is 30.5. The van der Waals surface area contributed by atoms with Crippen LogP contribution in [0.4, 0.5) is 10.5 Å². The van der Waals surface area contributed by atoms with Crippen molar-refractivity contribution >= 4 is 17.6 Å². The van der Waals surface area contributed by atoms with E-state index in [9.17, 15) is 9.59 Å². The lowest BCUT2D eigenvalue weighted by Gasteiger charge is -2.36. The number of ether oxygens (including phenoxy) is 1. The Bertz CT molecular complexity index is 1130. The first-order valence-electron chi connectivity index (χ1n) is 15.5. The second kappa shape index (κ2) is 16.2. The molecule has 42 heavy (non-hydrogen) atoms. The van der Waals surface area contributed by atoms with Crippen molar-refractivity contribution in [3.63, 3.8) is 0 Å². The summed E-state index contributed by atoms with van der Waals surface area (Å²) in [6.07, 6.45) is 7.13. The molecule has 1 heterocycles. The lowest BCUT2D eigenvalue weighted by molar-refractivity contribution is -0.124. The van der Waals surface area contributed by atoms with Gasteiger partial charge in [-0.05, 0) is 82.7 Å². The lowest BCUT2D eigenvalue weighted by Crippen LogP contribution is -2.58. The van der Waals surface area contributed by atoms with Crippen molar-refractivity contribution < 1.29 is 14.3 Å². The van der Waals surface area contributed by atoms with Crippen molar-refractivity contribution in [3.8, 4) is 5.75 Å². The van der Waals surface area contributed by atoms with E-state index in [1.807, 2.05) is 49.1 Å². The molecule has 2 N–H and O–H groups in total. The summed E-state index contributed by atoms with van der Waals surface area (Å²) < 4.78 is 5.99. The zero-order valence-corrected chi connectivity index (χ0v) is 26.6. The van der Waals surface area contributed by atoms with Gasteiger partial charge in [-0.2, -0.15) is 0 Å². The summed E-state index contributed by atoms with van der Waals surface area (Å²) in [5, 5.41) is 6.32. The van der Waals surface area contributed by atoms with E-state index in [1.165, 1.54) is 5.57 Å². The van der Waals surface area contributed by atoms with Crippen molar-refractivity contribution in [1.29, 1.82) is 0 Å². The van der Waals surface area contributed by atoms with E-state index >= 15 is 0 Å². The van der Waals surface area contributed by atoms with E-state index in [2.05, 4.69) is 73.6 Å². The second-order valence-corrected chi connectivity index (χ2v) is 12.8. The number of carbonyl (C=O) groups excluding carboxylic acids is 2. The third kappa shape index (κ3) is 11.4. The maximum atomic E-state index is 13.6. The van der Waals surface area contributed by atoms with Crippen LogP contribution in [0.1, 0.15) is 79.2 Å². The van der Waals surface area contributed by atoms with Crippen LogP contribution in [-0.4, -0.2) is 54.6 Å². The number of allylic oxidation sites excluding steroid dienone is 1. The SMILES string of the molecule is CC(C)=CCN(CC(C)(C)NC(=O)[C@H](CC(C)C)NC(=O)N1CCCCCC1)c1ccc(OCc2ccccc2)cc1. The number of hydrogen-bond acceptors (Lipinski definition) is 4. The Hall–Kier alpha value is -3.48. The van der Waals surface area contributed by atoms with Crippen molar-refractivity contribution in [1.82, 2.24) is 15.5 Å². The van der Waals surface area contributed by atoms with Gasteiger partial charge in [0.25, 0.3) is 0 Å². The predicted molar refractivity (Wildman–Crippen MR) is 173 cm³/mol. The first-order chi connectivity index (χ1) is 20.0. The van der Waals surface area contributed by atoms with E-state index in [-0.39, 0.29) is 17.9 Å². The fraction of sp³-hybridized carbons (Fsp3) is 0.543. The quantitative estimate of drug-likeness (QED) is 0.254. The number of benzene rings is 2. The highest BCUT2D eigenvalue weighted by Gasteiger charge is 2.30. The average Bonchev–Trinajstić information content (AvgIpc) is 3.24. The van der Waals surface area contributed by atoms with Gasteiger partial charge in [0.05, 0.1) is 5.54 Å². The smallest absolute Gasteiger partial charge is 0.318 e. The van der Waals surface area contributed by atoms with Crippen LogP contribution < -0.4 is 20.3 Å². The predicted octanol–water partition coefficient (Wildman–Crippen LogP) is 6.93. The Labute approximate surface area is 253 Å². The van der Waals surface area contributed by atoms with E-state index < -0.39 is 11.6 Å². The van der Waals surface area contributed by atoms with E-state index in [4.69, 9.17) is 4.74 Å². The van der Waals surface area contributed by atoms with Crippen LogP contribution in [0.5, 0.6) is 5.75 Å². The molecule has 0 aromatic heterocycles. The second-order valence-electron chi connectivity index (χ2n) is 12.8. The summed E-state index contributed by atoms with van der Waals surface area (Å²) in [7, 11) is 0. The highest BCUT2D eigenvalue weighted by Crippen LogP contribution is 2.23. The molecule has 7 nitrogen and oxygen atoms in total. The number of likely N-dealkylation sites (tertiary alicyclic amines) is 1. The number of hydrogen-bond donors (Lipinski definition) is 2. The number of rotatable bonds is 13. The first kappa shape index (κ1) is 33.0. The molecule has 0 radical (unpaired) electrons. The molecule has 230 valence electrons. The number of anilines is 1. The Morgan fingerprint density at radius 1 is 0.976 bits per heavy atom. The molecule has 7 heteroatoms. The summed E-state index contributed by atoms with van der Waals surface area (Å²) in [6.45, 7) is 15.8. The maximum absolute atomic E-state index is 13.6. The molecule has 3 amide bonds. The number of nitrogens with one attached hydrogen (secondary N) is 2. The molecule has 0 aliphatic carbocycles. The largest absolute Gasteiger partial charge is 0.489 e. The van der Waals surface area contributed by atoms with Crippen molar-refractivity contribution in [3.05, 3.63) is 71.8 Å². The van der Waals surface area contributed by atoms with E-state index in [0.717, 1.165) is 55.8 Å². The molecular formula is C35H52N4O3. The van der Waals surface area contributed by atoms with Crippen molar-refractivity contribution in [2.24, 2.45) is 5.92 Å². The number of urea groups is 1. The van der Waals surface area contributed by atoms with Gasteiger partial charge in [-0.1, -0.05) is 68.7 Å². The minimum atomic E-state index is -0.577. The number of amides is 3. The van der Waals surface area contributed by atoms with Gasteiger partial charge in [0.1, 0.15) is 18.4 Å². The van der Waals surface area contributed by atoms with Crippen molar-refractivity contribution in [2.45, 2.75) is 91.8 Å². The monoisotopic (exact) mass is 576 g/mol. The summed E-state index contributed by atoms with van der Waals surface area (Å²) in [5.41, 5.74) is 2.87.